The second kappa shape index (κ2) is 6.83. The molecule has 0 radical (unpaired) electrons. The van der Waals surface area contributed by atoms with Gasteiger partial charge >= 0.3 is 0 Å². The van der Waals surface area contributed by atoms with Crippen LogP contribution >= 0.6 is 11.6 Å². The molecule has 0 spiro atoms. The molecule has 0 saturated heterocycles. The van der Waals surface area contributed by atoms with Crippen LogP contribution in [0.15, 0.2) is 24.3 Å². The van der Waals surface area contributed by atoms with E-state index in [1.54, 1.807) is 25.3 Å². The summed E-state index contributed by atoms with van der Waals surface area (Å²) in [7, 11) is 1.55. The van der Waals surface area contributed by atoms with Gasteiger partial charge in [0.05, 0.1) is 24.5 Å². The molecule has 0 aliphatic carbocycles. The lowest BCUT2D eigenvalue weighted by molar-refractivity contribution is -0.116. The molecule has 0 aliphatic rings. The monoisotopic (exact) mass is 321 g/mol. The van der Waals surface area contributed by atoms with Crippen LogP contribution in [-0.4, -0.2) is 22.8 Å². The zero-order chi connectivity index (χ0) is 16.3. The SMILES string of the molecule is COc1ccc(Cl)cc1NC(=O)C[C@H](C)n1nc(C)cc1C. The van der Waals surface area contributed by atoms with E-state index in [1.165, 1.54) is 0 Å². The summed E-state index contributed by atoms with van der Waals surface area (Å²) < 4.78 is 7.09. The Bertz CT molecular complexity index is 682. The van der Waals surface area contributed by atoms with Crippen molar-refractivity contribution in [3.05, 3.63) is 40.7 Å². The van der Waals surface area contributed by atoms with Crippen molar-refractivity contribution in [1.82, 2.24) is 9.78 Å². The second-order valence-electron chi connectivity index (χ2n) is 5.32. The lowest BCUT2D eigenvalue weighted by Gasteiger charge is -2.15. The number of nitrogens with zero attached hydrogens (tertiary/aromatic N) is 2. The molecule has 0 saturated carbocycles. The van der Waals surface area contributed by atoms with Crippen LogP contribution in [0, 0.1) is 13.8 Å². The largest absolute Gasteiger partial charge is 0.495 e. The molecule has 118 valence electrons. The van der Waals surface area contributed by atoms with Gasteiger partial charge in [0.25, 0.3) is 0 Å². The molecule has 1 aromatic carbocycles. The first kappa shape index (κ1) is 16.4. The van der Waals surface area contributed by atoms with E-state index in [1.807, 2.05) is 31.5 Å². The van der Waals surface area contributed by atoms with Crippen molar-refractivity contribution < 1.29 is 9.53 Å². The lowest BCUT2D eigenvalue weighted by atomic mass is 10.2. The Balaban J connectivity index is 2.07. The van der Waals surface area contributed by atoms with E-state index in [-0.39, 0.29) is 11.9 Å². The van der Waals surface area contributed by atoms with Gasteiger partial charge in [-0.2, -0.15) is 5.10 Å². The smallest absolute Gasteiger partial charge is 0.226 e. The third-order valence-electron chi connectivity index (χ3n) is 3.38. The van der Waals surface area contributed by atoms with E-state index in [2.05, 4.69) is 10.4 Å². The van der Waals surface area contributed by atoms with Crippen molar-refractivity contribution in [1.29, 1.82) is 0 Å². The normalized spacial score (nSPS) is 12.0. The average Bonchev–Trinajstić information content (AvgIpc) is 2.78. The van der Waals surface area contributed by atoms with Gasteiger partial charge in [-0.15, -0.1) is 0 Å². The average molecular weight is 322 g/mol. The molecule has 1 aromatic heterocycles. The highest BCUT2D eigenvalue weighted by atomic mass is 35.5. The highest BCUT2D eigenvalue weighted by Crippen LogP contribution is 2.28. The summed E-state index contributed by atoms with van der Waals surface area (Å²) in [5.41, 5.74) is 2.56. The zero-order valence-corrected chi connectivity index (χ0v) is 13.9. The Hall–Kier alpha value is -2.01. The first-order valence-electron chi connectivity index (χ1n) is 7.07. The van der Waals surface area contributed by atoms with Gasteiger partial charge in [0.1, 0.15) is 5.75 Å². The minimum atomic E-state index is -0.111. The Kier molecular flexibility index (Phi) is 5.08. The minimum Gasteiger partial charge on any atom is -0.495 e. The van der Waals surface area contributed by atoms with Crippen LogP contribution in [-0.2, 0) is 4.79 Å². The number of amides is 1. The van der Waals surface area contributed by atoms with Crippen molar-refractivity contribution >= 4 is 23.2 Å². The molecule has 0 aliphatic heterocycles. The molecular weight excluding hydrogens is 302 g/mol. The molecule has 6 heteroatoms. The predicted molar refractivity (Wildman–Crippen MR) is 87.7 cm³/mol. The lowest BCUT2D eigenvalue weighted by Crippen LogP contribution is -2.19. The summed E-state index contributed by atoms with van der Waals surface area (Å²) >= 11 is 5.96. The number of carbonyl (C=O) groups excluding carboxylic acids is 1. The molecule has 5 nitrogen and oxygen atoms in total. The van der Waals surface area contributed by atoms with E-state index in [4.69, 9.17) is 16.3 Å². The van der Waals surface area contributed by atoms with Crippen LogP contribution in [0.4, 0.5) is 5.69 Å². The molecular formula is C16H20ClN3O2. The first-order valence-corrected chi connectivity index (χ1v) is 7.44. The summed E-state index contributed by atoms with van der Waals surface area (Å²) in [6.45, 7) is 5.88. The number of aromatic nitrogens is 2. The number of hydrogen-bond acceptors (Lipinski definition) is 3. The van der Waals surface area contributed by atoms with Crippen LogP contribution in [0.1, 0.15) is 30.8 Å². The number of carbonyl (C=O) groups is 1. The third-order valence-corrected chi connectivity index (χ3v) is 3.61. The van der Waals surface area contributed by atoms with Gasteiger partial charge in [0, 0.05) is 17.1 Å². The number of hydrogen-bond donors (Lipinski definition) is 1. The Morgan fingerprint density at radius 3 is 2.73 bits per heavy atom. The van der Waals surface area contributed by atoms with Gasteiger partial charge in [0.2, 0.25) is 5.91 Å². The molecule has 1 atom stereocenters. The van der Waals surface area contributed by atoms with E-state index in [0.29, 0.717) is 22.9 Å². The molecule has 1 heterocycles. The second-order valence-corrected chi connectivity index (χ2v) is 5.75. The molecule has 1 N–H and O–H groups in total. The topological polar surface area (TPSA) is 56.1 Å². The highest BCUT2D eigenvalue weighted by Gasteiger charge is 2.15. The van der Waals surface area contributed by atoms with Crippen molar-refractivity contribution in [3.8, 4) is 5.75 Å². The van der Waals surface area contributed by atoms with Gasteiger partial charge in [-0.3, -0.25) is 9.48 Å². The summed E-state index contributed by atoms with van der Waals surface area (Å²) in [6.07, 6.45) is 0.317. The number of nitrogens with one attached hydrogen (secondary N) is 1. The van der Waals surface area contributed by atoms with E-state index < -0.39 is 0 Å². The van der Waals surface area contributed by atoms with Gasteiger partial charge < -0.3 is 10.1 Å². The number of aryl methyl sites for hydroxylation is 2. The zero-order valence-electron chi connectivity index (χ0n) is 13.2. The number of anilines is 1. The van der Waals surface area contributed by atoms with E-state index >= 15 is 0 Å². The van der Waals surface area contributed by atoms with Crippen LogP contribution in [0.2, 0.25) is 5.02 Å². The van der Waals surface area contributed by atoms with Gasteiger partial charge in [-0.05, 0) is 45.0 Å². The van der Waals surface area contributed by atoms with Gasteiger partial charge in [0.15, 0.2) is 0 Å². The molecule has 0 unspecified atom stereocenters. The Morgan fingerprint density at radius 1 is 1.41 bits per heavy atom. The number of methoxy groups -OCH3 is 1. The maximum absolute atomic E-state index is 12.2. The molecule has 2 aromatic rings. The maximum atomic E-state index is 12.2. The fourth-order valence-corrected chi connectivity index (χ4v) is 2.60. The molecule has 1 amide bonds. The van der Waals surface area contributed by atoms with Gasteiger partial charge in [-0.25, -0.2) is 0 Å². The number of rotatable bonds is 5. The van der Waals surface area contributed by atoms with E-state index in [9.17, 15) is 4.79 Å². The number of benzene rings is 1. The van der Waals surface area contributed by atoms with E-state index in [0.717, 1.165) is 11.4 Å². The van der Waals surface area contributed by atoms with Crippen LogP contribution < -0.4 is 10.1 Å². The van der Waals surface area contributed by atoms with Crippen LogP contribution in [0.25, 0.3) is 0 Å². The molecule has 0 bridgehead atoms. The predicted octanol–water partition coefficient (Wildman–Crippen LogP) is 3.75. The Morgan fingerprint density at radius 2 is 2.14 bits per heavy atom. The summed E-state index contributed by atoms with van der Waals surface area (Å²) in [5, 5.41) is 7.79. The molecule has 0 fully saturated rings. The standard InChI is InChI=1S/C16H20ClN3O2/c1-10-7-11(2)20(19-10)12(3)8-16(21)18-14-9-13(17)5-6-15(14)22-4/h5-7,9,12H,8H2,1-4H3,(H,18,21)/t12-/m0/s1. The summed E-state index contributed by atoms with van der Waals surface area (Å²) in [6, 6.07) is 7.08. The van der Waals surface area contributed by atoms with Crippen LogP contribution in [0.5, 0.6) is 5.75 Å². The molecule has 2 rings (SSSR count). The molecule has 22 heavy (non-hydrogen) atoms. The van der Waals surface area contributed by atoms with Crippen molar-refractivity contribution in [3.63, 3.8) is 0 Å². The minimum absolute atomic E-state index is 0.0288. The fourth-order valence-electron chi connectivity index (χ4n) is 2.43. The van der Waals surface area contributed by atoms with Crippen molar-refractivity contribution in [2.75, 3.05) is 12.4 Å². The van der Waals surface area contributed by atoms with Crippen molar-refractivity contribution in [2.45, 2.75) is 33.2 Å². The number of halogens is 1. The van der Waals surface area contributed by atoms with Crippen LogP contribution in [0.3, 0.4) is 0 Å². The maximum Gasteiger partial charge on any atom is 0.226 e. The first-order chi connectivity index (χ1) is 10.4. The third kappa shape index (κ3) is 3.80. The van der Waals surface area contributed by atoms with Crippen molar-refractivity contribution in [2.24, 2.45) is 0 Å². The number of ether oxygens (including phenoxy) is 1. The Labute approximate surface area is 135 Å². The summed E-state index contributed by atoms with van der Waals surface area (Å²) in [5.74, 6) is 0.470. The van der Waals surface area contributed by atoms with Gasteiger partial charge in [-0.1, -0.05) is 11.6 Å². The highest BCUT2D eigenvalue weighted by molar-refractivity contribution is 6.31. The quantitative estimate of drug-likeness (QED) is 0.912. The summed E-state index contributed by atoms with van der Waals surface area (Å²) in [4.78, 5) is 12.2. The fraction of sp³-hybridized carbons (Fsp3) is 0.375.